The molecule has 0 fully saturated rings. The van der Waals surface area contributed by atoms with Crippen LogP contribution in [0.1, 0.15) is 236 Å². The van der Waals surface area contributed by atoms with Crippen LogP contribution in [0.2, 0.25) is 9.79 Å². The molecule has 0 N–H and O–H groups in total. The molecule has 320 valence electrons. The van der Waals surface area contributed by atoms with Crippen molar-refractivity contribution in [3.63, 3.8) is 0 Å². The van der Waals surface area contributed by atoms with Crippen LogP contribution < -0.4 is 0 Å². The van der Waals surface area contributed by atoms with Crippen molar-refractivity contribution in [1.82, 2.24) is 0 Å². The molecule has 0 saturated carbocycles. The number of hydrogen-bond acceptors (Lipinski definition) is 0. The van der Waals surface area contributed by atoms with Gasteiger partial charge in [-0.3, -0.25) is 0 Å². The minimum atomic E-state index is 1.03. The van der Waals surface area contributed by atoms with E-state index in [0.717, 1.165) is 80.7 Å². The average Bonchev–Trinajstić information content (AvgIpc) is 3.48. The molecular formula is C53H88N2Pd. The van der Waals surface area contributed by atoms with Crippen LogP contribution in [0.25, 0.3) is 16.9 Å². The second kappa shape index (κ2) is 30.3. The third-order valence-corrected chi connectivity index (χ3v) is 13.2. The fourth-order valence-electron chi connectivity index (χ4n) is 8.43. The number of hydrogen-bond donors (Lipinski definition) is 0. The summed E-state index contributed by atoms with van der Waals surface area (Å²) in [5.74, 6) is 0. The van der Waals surface area contributed by atoms with Gasteiger partial charge >= 0.3 is 41.6 Å². The average molecular weight is 860 g/mol. The molecule has 0 unspecified atom stereocenters. The molecule has 3 rings (SSSR count). The summed E-state index contributed by atoms with van der Waals surface area (Å²) >= 11 is 1.04. The Hall–Kier alpha value is -1.82. The van der Waals surface area contributed by atoms with Crippen LogP contribution in [0.4, 0.5) is 0 Å². The zero-order chi connectivity index (χ0) is 41.1. The second-order valence-electron chi connectivity index (χ2n) is 16.3. The van der Waals surface area contributed by atoms with Gasteiger partial charge in [-0.2, -0.15) is 0 Å². The molecule has 56 heavy (non-hydrogen) atoms. The summed E-state index contributed by atoms with van der Waals surface area (Å²) < 4.78 is 1.70. The summed E-state index contributed by atoms with van der Waals surface area (Å²) in [5.41, 5.74) is 29.6. The summed E-state index contributed by atoms with van der Waals surface area (Å²) in [6.07, 6.45) is 29.5. The zero-order valence-corrected chi connectivity index (χ0v) is 40.2. The predicted molar refractivity (Wildman–Crippen MR) is 247 cm³/mol. The number of unbranched alkanes of at least 4 members (excludes halogenated alkanes) is 9. The Bertz CT molecular complexity index is 1420. The van der Waals surface area contributed by atoms with Crippen LogP contribution in [-0.2, 0) is 56.5 Å². The van der Waals surface area contributed by atoms with E-state index in [1.165, 1.54) is 163 Å². The van der Waals surface area contributed by atoms with Gasteiger partial charge in [-0.05, 0) is 160 Å². The SMILES string of the molecule is CCCCCC1=C(c2cc(CCCC)c(CCCC)c(CCCC)c2)[N+](=[N-])C(c2cc(CCCC)c(CCCC)c(CCCC)c2)=C1CCCC.C[CH2][Pd][CH2]C. The Balaban J connectivity index is 0.00000203. The topological polar surface area (TPSA) is 25.3 Å². The van der Waals surface area contributed by atoms with E-state index in [1.54, 1.807) is 15.8 Å². The number of rotatable bonds is 29. The van der Waals surface area contributed by atoms with Crippen molar-refractivity contribution >= 4 is 11.4 Å². The molecule has 1 heterocycles. The Kier molecular flexibility index (Phi) is 27.2. The van der Waals surface area contributed by atoms with Crippen LogP contribution in [0.3, 0.4) is 0 Å². The molecule has 1 aliphatic heterocycles. The van der Waals surface area contributed by atoms with Crippen molar-refractivity contribution in [2.24, 2.45) is 0 Å². The zero-order valence-electron chi connectivity index (χ0n) is 38.6. The van der Waals surface area contributed by atoms with Crippen LogP contribution in [-0.4, -0.2) is 4.70 Å². The van der Waals surface area contributed by atoms with Crippen molar-refractivity contribution in [1.29, 1.82) is 0 Å². The Morgan fingerprint density at radius 3 is 0.946 bits per heavy atom. The van der Waals surface area contributed by atoms with Gasteiger partial charge in [0.05, 0.1) is 0 Å². The normalized spacial score (nSPS) is 13.0. The monoisotopic (exact) mass is 859 g/mol. The van der Waals surface area contributed by atoms with Gasteiger partial charge in [0.15, 0.2) is 0 Å². The quantitative estimate of drug-likeness (QED) is 0.0442. The van der Waals surface area contributed by atoms with Crippen LogP contribution in [0.5, 0.6) is 0 Å². The Morgan fingerprint density at radius 1 is 0.375 bits per heavy atom. The number of allylic oxidation sites excluding steroid dienone is 2. The van der Waals surface area contributed by atoms with Crippen LogP contribution in [0.15, 0.2) is 35.4 Å². The Labute approximate surface area is 357 Å². The molecule has 0 aromatic heterocycles. The second-order valence-corrected chi connectivity index (χ2v) is 19.3. The van der Waals surface area contributed by atoms with E-state index < -0.39 is 0 Å². The van der Waals surface area contributed by atoms with Gasteiger partial charge < -0.3 is 5.53 Å². The molecule has 2 aromatic rings. The van der Waals surface area contributed by atoms with Gasteiger partial charge in [0.2, 0.25) is 11.4 Å². The molecule has 0 spiro atoms. The van der Waals surface area contributed by atoms with E-state index in [1.807, 2.05) is 0 Å². The molecule has 0 aliphatic carbocycles. The van der Waals surface area contributed by atoms with E-state index in [-0.39, 0.29) is 0 Å². The van der Waals surface area contributed by atoms with Gasteiger partial charge in [-0.25, -0.2) is 4.70 Å². The van der Waals surface area contributed by atoms with Crippen molar-refractivity contribution < 1.29 is 22.7 Å². The molecule has 3 heteroatoms. The van der Waals surface area contributed by atoms with Crippen molar-refractivity contribution in [3.8, 4) is 0 Å². The first-order valence-electron chi connectivity index (χ1n) is 24.1. The maximum atomic E-state index is 12.8. The summed E-state index contributed by atoms with van der Waals surface area (Å²) in [5, 5.41) is 0. The summed E-state index contributed by atoms with van der Waals surface area (Å²) in [6.45, 7) is 23.0. The summed E-state index contributed by atoms with van der Waals surface area (Å²) in [7, 11) is 0. The number of nitrogens with zero attached hydrogens (tertiary/aromatic N) is 2. The first-order chi connectivity index (χ1) is 27.3. The molecule has 1 aliphatic rings. The van der Waals surface area contributed by atoms with Crippen molar-refractivity contribution in [2.45, 2.75) is 240 Å². The van der Waals surface area contributed by atoms with E-state index in [9.17, 15) is 5.53 Å². The maximum absolute atomic E-state index is 12.8. The predicted octanol–water partition coefficient (Wildman–Crippen LogP) is 17.6. The third-order valence-electron chi connectivity index (χ3n) is 11.7. The van der Waals surface area contributed by atoms with Crippen LogP contribution >= 0.6 is 0 Å². The third kappa shape index (κ3) is 15.7. The van der Waals surface area contributed by atoms with E-state index in [2.05, 4.69) is 93.5 Å². The molecule has 0 atom stereocenters. The van der Waals surface area contributed by atoms with Gasteiger partial charge in [-0.1, -0.05) is 113 Å². The van der Waals surface area contributed by atoms with E-state index >= 15 is 0 Å². The van der Waals surface area contributed by atoms with Gasteiger partial charge in [0.25, 0.3) is 0 Å². The van der Waals surface area contributed by atoms with Crippen LogP contribution in [0, 0.1) is 0 Å². The summed E-state index contributed by atoms with van der Waals surface area (Å²) in [4.78, 5) is 2.79. The number of benzene rings is 2. The molecule has 2 nitrogen and oxygen atoms in total. The first kappa shape index (κ1) is 50.3. The standard InChI is InChI=1S/C49H78N2.2C2H5.Pd/c1-9-17-25-33-47-46(32-24-16-8)48(42-34-38(26-18-10-2)44(30-22-14-6)39(35-42)27-19-11-3)51(50)49(47)43-36-40(28-20-12-4)45(31-23-15-7)41(37-43)29-21-13-5;2*1-2;/h34-37H,9-33H2,1-8H3;2*1H2,2H3;. The molecular weight excluding hydrogens is 771 g/mol. The van der Waals surface area contributed by atoms with Gasteiger partial charge in [0, 0.05) is 22.3 Å². The number of aryl methyl sites for hydroxylation is 4. The Morgan fingerprint density at radius 2 is 0.661 bits per heavy atom. The first-order valence-corrected chi connectivity index (χ1v) is 26.3. The van der Waals surface area contributed by atoms with Crippen molar-refractivity contribution in [2.75, 3.05) is 0 Å². The fourth-order valence-corrected chi connectivity index (χ4v) is 9.20. The van der Waals surface area contributed by atoms with E-state index in [0.29, 0.717) is 0 Å². The fraction of sp³-hybridized carbons (Fsp3) is 0.698. The van der Waals surface area contributed by atoms with Crippen molar-refractivity contribution in [3.05, 3.63) is 85.5 Å². The molecule has 0 saturated heterocycles. The van der Waals surface area contributed by atoms with Gasteiger partial charge in [0.1, 0.15) is 0 Å². The molecule has 0 bridgehead atoms. The molecule has 2 aromatic carbocycles. The molecule has 0 amide bonds. The minimum absolute atomic E-state index is 1.03. The summed E-state index contributed by atoms with van der Waals surface area (Å²) in [6, 6.07) is 10.1. The van der Waals surface area contributed by atoms with Gasteiger partial charge in [-0.15, -0.1) is 0 Å². The molecule has 0 radical (unpaired) electrons. The van der Waals surface area contributed by atoms with E-state index in [4.69, 9.17) is 0 Å².